The zero-order valence-electron chi connectivity index (χ0n) is 12.7. The summed E-state index contributed by atoms with van der Waals surface area (Å²) in [7, 11) is 0. The first-order valence-corrected chi connectivity index (χ1v) is 7.72. The van der Waals surface area contributed by atoms with Crippen LogP contribution in [0.25, 0.3) is 0 Å². The van der Waals surface area contributed by atoms with Crippen molar-refractivity contribution >= 4 is 5.82 Å². The predicted octanol–water partition coefficient (Wildman–Crippen LogP) is 4.35. The Bertz CT molecular complexity index is 670. The van der Waals surface area contributed by atoms with Crippen molar-refractivity contribution in [3.8, 4) is 17.2 Å². The van der Waals surface area contributed by atoms with Gasteiger partial charge in [-0.3, -0.25) is 0 Å². The molecular formula is C17H18N2O4. The minimum atomic E-state index is -0.531. The largest absolute Gasteiger partial charge is 0.485 e. The van der Waals surface area contributed by atoms with E-state index in [0.717, 1.165) is 12.8 Å². The molecule has 1 fully saturated rings. The molecule has 120 valence electrons. The van der Waals surface area contributed by atoms with Gasteiger partial charge in [-0.15, -0.1) is 0 Å². The molecular weight excluding hydrogens is 296 g/mol. The molecule has 0 saturated heterocycles. The van der Waals surface area contributed by atoms with Crippen molar-refractivity contribution in [2.75, 3.05) is 6.61 Å². The summed E-state index contributed by atoms with van der Waals surface area (Å²) in [6, 6.07) is 10.7. The summed E-state index contributed by atoms with van der Waals surface area (Å²) in [5.74, 6) is 1.42. The van der Waals surface area contributed by atoms with E-state index in [4.69, 9.17) is 9.47 Å². The van der Waals surface area contributed by atoms with E-state index in [0.29, 0.717) is 24.0 Å². The fourth-order valence-corrected chi connectivity index (χ4v) is 2.73. The highest BCUT2D eigenvalue weighted by Gasteiger charge is 2.22. The molecule has 0 unspecified atom stereocenters. The molecule has 0 amide bonds. The van der Waals surface area contributed by atoms with Crippen LogP contribution in [0.4, 0.5) is 5.82 Å². The zero-order chi connectivity index (χ0) is 16.1. The minimum absolute atomic E-state index is 0.162. The van der Waals surface area contributed by atoms with E-state index in [1.54, 1.807) is 12.1 Å². The highest BCUT2D eigenvalue weighted by atomic mass is 16.6. The third kappa shape index (κ3) is 3.97. The SMILES string of the molecule is O=[N+]([O-])c1ncc(Oc2ccccc2)cc1OCC1CCCC1. The van der Waals surface area contributed by atoms with Gasteiger partial charge < -0.3 is 19.6 Å². The number of rotatable bonds is 6. The van der Waals surface area contributed by atoms with Crippen molar-refractivity contribution in [3.05, 3.63) is 52.7 Å². The lowest BCUT2D eigenvalue weighted by atomic mass is 10.1. The van der Waals surface area contributed by atoms with E-state index in [1.807, 2.05) is 18.2 Å². The Morgan fingerprint density at radius 2 is 1.91 bits per heavy atom. The Kier molecular flexibility index (Phi) is 4.71. The van der Waals surface area contributed by atoms with Gasteiger partial charge in [0.15, 0.2) is 11.9 Å². The molecule has 1 aromatic heterocycles. The number of ether oxygens (including phenoxy) is 2. The summed E-state index contributed by atoms with van der Waals surface area (Å²) in [6.45, 7) is 0.483. The number of pyridine rings is 1. The summed E-state index contributed by atoms with van der Waals surface area (Å²) in [5.41, 5.74) is 0. The molecule has 1 saturated carbocycles. The molecule has 0 atom stereocenters. The van der Waals surface area contributed by atoms with Gasteiger partial charge in [0.1, 0.15) is 5.75 Å². The van der Waals surface area contributed by atoms with Crippen molar-refractivity contribution in [3.63, 3.8) is 0 Å². The summed E-state index contributed by atoms with van der Waals surface area (Å²) < 4.78 is 11.3. The van der Waals surface area contributed by atoms with Gasteiger partial charge in [-0.25, -0.2) is 0 Å². The van der Waals surface area contributed by atoms with Crippen LogP contribution in [0, 0.1) is 16.0 Å². The van der Waals surface area contributed by atoms with Crippen LogP contribution >= 0.6 is 0 Å². The number of benzene rings is 1. The first-order chi connectivity index (χ1) is 11.2. The monoisotopic (exact) mass is 314 g/mol. The maximum absolute atomic E-state index is 11.1. The van der Waals surface area contributed by atoms with Crippen LogP contribution in [0.15, 0.2) is 42.6 Å². The second-order valence-corrected chi connectivity index (χ2v) is 5.63. The third-order valence-electron chi connectivity index (χ3n) is 3.91. The lowest BCUT2D eigenvalue weighted by molar-refractivity contribution is -0.390. The second-order valence-electron chi connectivity index (χ2n) is 5.63. The van der Waals surface area contributed by atoms with Crippen molar-refractivity contribution in [2.24, 2.45) is 5.92 Å². The third-order valence-corrected chi connectivity index (χ3v) is 3.91. The van der Waals surface area contributed by atoms with Gasteiger partial charge in [0.2, 0.25) is 5.75 Å². The van der Waals surface area contributed by atoms with E-state index in [2.05, 4.69) is 4.98 Å². The van der Waals surface area contributed by atoms with E-state index >= 15 is 0 Å². The van der Waals surface area contributed by atoms with Crippen LogP contribution in [0.2, 0.25) is 0 Å². The maximum atomic E-state index is 11.1. The topological polar surface area (TPSA) is 74.5 Å². The lowest BCUT2D eigenvalue weighted by Crippen LogP contribution is -2.09. The van der Waals surface area contributed by atoms with E-state index in [1.165, 1.54) is 25.1 Å². The molecule has 0 bridgehead atoms. The average Bonchev–Trinajstić information content (AvgIpc) is 3.07. The van der Waals surface area contributed by atoms with Crippen molar-refractivity contribution in [2.45, 2.75) is 25.7 Å². The van der Waals surface area contributed by atoms with Crippen molar-refractivity contribution in [1.82, 2.24) is 4.98 Å². The Morgan fingerprint density at radius 1 is 1.17 bits per heavy atom. The summed E-state index contributed by atoms with van der Waals surface area (Å²) >= 11 is 0. The van der Waals surface area contributed by atoms with Gasteiger partial charge in [-0.1, -0.05) is 31.0 Å². The summed E-state index contributed by atoms with van der Waals surface area (Å²) in [6.07, 6.45) is 5.97. The molecule has 1 aliphatic rings. The van der Waals surface area contributed by atoms with Crippen LogP contribution < -0.4 is 9.47 Å². The van der Waals surface area contributed by atoms with Gasteiger partial charge >= 0.3 is 5.82 Å². The van der Waals surface area contributed by atoms with E-state index < -0.39 is 4.92 Å². The Labute approximate surface area is 134 Å². The van der Waals surface area contributed by atoms with Gasteiger partial charge in [-0.2, -0.15) is 0 Å². The molecule has 0 aliphatic heterocycles. The maximum Gasteiger partial charge on any atom is 0.406 e. The molecule has 23 heavy (non-hydrogen) atoms. The van der Waals surface area contributed by atoms with Crippen LogP contribution in [0.1, 0.15) is 25.7 Å². The van der Waals surface area contributed by atoms with E-state index in [-0.39, 0.29) is 11.6 Å². The summed E-state index contributed by atoms with van der Waals surface area (Å²) in [5, 5.41) is 11.1. The lowest BCUT2D eigenvalue weighted by Gasteiger charge is -2.12. The minimum Gasteiger partial charge on any atom is -0.485 e. The number of hydrogen-bond acceptors (Lipinski definition) is 5. The average molecular weight is 314 g/mol. The number of hydrogen-bond donors (Lipinski definition) is 0. The predicted molar refractivity (Wildman–Crippen MR) is 84.9 cm³/mol. The standard InChI is InChI=1S/C17H18N2O4/c20-19(21)17-16(22-12-13-6-4-5-7-13)10-15(11-18-17)23-14-8-2-1-3-9-14/h1-3,8-11,13H,4-7,12H2. The number of nitro groups is 1. The number of aromatic nitrogens is 1. The van der Waals surface area contributed by atoms with Crippen LogP contribution in [0.5, 0.6) is 17.2 Å². The highest BCUT2D eigenvalue weighted by molar-refractivity contribution is 5.45. The van der Waals surface area contributed by atoms with Crippen LogP contribution in [-0.2, 0) is 0 Å². The van der Waals surface area contributed by atoms with Crippen molar-refractivity contribution < 1.29 is 14.4 Å². The quantitative estimate of drug-likeness (QED) is 0.585. The number of nitrogens with zero attached hydrogens (tertiary/aromatic N) is 2. The fraction of sp³-hybridized carbons (Fsp3) is 0.353. The first kappa shape index (κ1) is 15.3. The Morgan fingerprint density at radius 3 is 2.61 bits per heavy atom. The molecule has 0 spiro atoms. The highest BCUT2D eigenvalue weighted by Crippen LogP contribution is 2.32. The molecule has 1 aliphatic carbocycles. The van der Waals surface area contributed by atoms with E-state index in [9.17, 15) is 10.1 Å². The first-order valence-electron chi connectivity index (χ1n) is 7.72. The van der Waals surface area contributed by atoms with Gasteiger partial charge in [0.05, 0.1) is 6.61 Å². The van der Waals surface area contributed by atoms with Gasteiger partial charge in [-0.05, 0) is 40.8 Å². The second kappa shape index (κ2) is 7.09. The number of para-hydroxylation sites is 1. The fourth-order valence-electron chi connectivity index (χ4n) is 2.73. The van der Waals surface area contributed by atoms with Crippen LogP contribution in [-0.4, -0.2) is 16.5 Å². The Hall–Kier alpha value is -2.63. The molecule has 1 aromatic carbocycles. The summed E-state index contributed by atoms with van der Waals surface area (Å²) in [4.78, 5) is 14.4. The molecule has 3 rings (SSSR count). The van der Waals surface area contributed by atoms with Crippen molar-refractivity contribution in [1.29, 1.82) is 0 Å². The molecule has 1 heterocycles. The molecule has 6 heteroatoms. The van der Waals surface area contributed by atoms with Gasteiger partial charge in [0.25, 0.3) is 0 Å². The Balaban J connectivity index is 1.76. The zero-order valence-corrected chi connectivity index (χ0v) is 12.7. The normalized spacial score (nSPS) is 14.6. The van der Waals surface area contributed by atoms with Crippen LogP contribution in [0.3, 0.4) is 0 Å². The molecule has 2 aromatic rings. The smallest absolute Gasteiger partial charge is 0.406 e. The molecule has 0 radical (unpaired) electrons. The molecule has 0 N–H and O–H groups in total. The molecule has 6 nitrogen and oxygen atoms in total. The van der Waals surface area contributed by atoms with Gasteiger partial charge in [0, 0.05) is 6.07 Å².